The van der Waals surface area contributed by atoms with E-state index in [0.717, 1.165) is 33.3 Å². The first-order valence-corrected chi connectivity index (χ1v) is 5.98. The van der Waals surface area contributed by atoms with Gasteiger partial charge >= 0.3 is 0 Å². The summed E-state index contributed by atoms with van der Waals surface area (Å²) < 4.78 is 11.0. The lowest BCUT2D eigenvalue weighted by molar-refractivity contribution is 0.0525. The SMILES string of the molecule is CCC1COCN1CN1COCC1CC. The van der Waals surface area contributed by atoms with Crippen LogP contribution in [0.25, 0.3) is 0 Å². The first kappa shape index (κ1) is 11.3. The molecular formula is C11H22N2O2. The van der Waals surface area contributed by atoms with Gasteiger partial charge in [0.2, 0.25) is 0 Å². The molecule has 88 valence electrons. The summed E-state index contributed by atoms with van der Waals surface area (Å²) in [6.07, 6.45) is 2.34. The van der Waals surface area contributed by atoms with E-state index in [1.165, 1.54) is 12.8 Å². The molecule has 2 fully saturated rings. The van der Waals surface area contributed by atoms with E-state index in [1.807, 2.05) is 0 Å². The molecule has 2 heterocycles. The summed E-state index contributed by atoms with van der Waals surface area (Å²) in [6.45, 7) is 8.80. The highest BCUT2D eigenvalue weighted by Crippen LogP contribution is 2.18. The molecule has 0 aromatic carbocycles. The third-order valence-electron chi connectivity index (χ3n) is 3.47. The molecule has 0 aromatic heterocycles. The highest BCUT2D eigenvalue weighted by molar-refractivity contribution is 4.77. The van der Waals surface area contributed by atoms with Gasteiger partial charge in [-0.05, 0) is 12.8 Å². The standard InChI is InChI=1S/C11H22N2O2/c1-3-10-5-14-8-12(10)7-13-9-15-6-11(13)4-2/h10-11H,3-9H2,1-2H3. The Balaban J connectivity index is 1.84. The zero-order valence-electron chi connectivity index (χ0n) is 9.82. The lowest BCUT2D eigenvalue weighted by atomic mass is 10.2. The average Bonchev–Trinajstić information content (AvgIpc) is 2.87. The van der Waals surface area contributed by atoms with Gasteiger partial charge in [-0.15, -0.1) is 0 Å². The Morgan fingerprint density at radius 2 is 1.40 bits per heavy atom. The summed E-state index contributed by atoms with van der Waals surface area (Å²) in [7, 11) is 0. The third-order valence-corrected chi connectivity index (χ3v) is 3.47. The lowest BCUT2D eigenvalue weighted by Crippen LogP contribution is -2.43. The quantitative estimate of drug-likeness (QED) is 0.699. The summed E-state index contributed by atoms with van der Waals surface area (Å²) in [6, 6.07) is 1.20. The number of nitrogens with zero attached hydrogens (tertiary/aromatic N) is 2. The summed E-state index contributed by atoms with van der Waals surface area (Å²) in [4.78, 5) is 4.83. The molecule has 0 radical (unpaired) electrons. The second-order valence-electron chi connectivity index (χ2n) is 4.44. The normalized spacial score (nSPS) is 34.0. The highest BCUT2D eigenvalue weighted by atomic mass is 16.5. The zero-order valence-corrected chi connectivity index (χ0v) is 9.82. The molecule has 15 heavy (non-hydrogen) atoms. The van der Waals surface area contributed by atoms with Gasteiger partial charge in [-0.25, -0.2) is 0 Å². The predicted octanol–water partition coefficient (Wildman–Crippen LogP) is 1.08. The molecule has 0 saturated carbocycles. The van der Waals surface area contributed by atoms with Crippen LogP contribution in [0.5, 0.6) is 0 Å². The third kappa shape index (κ3) is 2.50. The van der Waals surface area contributed by atoms with E-state index in [0.29, 0.717) is 12.1 Å². The molecule has 2 aliphatic rings. The zero-order chi connectivity index (χ0) is 10.7. The van der Waals surface area contributed by atoms with Gasteiger partial charge in [-0.2, -0.15) is 0 Å². The molecule has 4 heteroatoms. The highest BCUT2D eigenvalue weighted by Gasteiger charge is 2.30. The maximum Gasteiger partial charge on any atom is 0.100 e. The van der Waals surface area contributed by atoms with Crippen LogP contribution in [0, 0.1) is 0 Å². The van der Waals surface area contributed by atoms with Gasteiger partial charge in [-0.3, -0.25) is 9.80 Å². The molecule has 0 amide bonds. The monoisotopic (exact) mass is 214 g/mol. The second kappa shape index (κ2) is 5.25. The molecule has 2 rings (SSSR count). The van der Waals surface area contributed by atoms with E-state index < -0.39 is 0 Å². The van der Waals surface area contributed by atoms with Crippen LogP contribution in [0.4, 0.5) is 0 Å². The molecule has 2 unspecified atom stereocenters. The summed E-state index contributed by atoms with van der Waals surface area (Å²) in [5.74, 6) is 0. The van der Waals surface area contributed by atoms with Crippen molar-refractivity contribution in [2.24, 2.45) is 0 Å². The van der Waals surface area contributed by atoms with Gasteiger partial charge in [0.15, 0.2) is 0 Å². The Bertz CT molecular complexity index is 181. The average molecular weight is 214 g/mol. The van der Waals surface area contributed by atoms with Crippen LogP contribution >= 0.6 is 0 Å². The fraction of sp³-hybridized carbons (Fsp3) is 1.00. The predicted molar refractivity (Wildman–Crippen MR) is 58.3 cm³/mol. The summed E-state index contributed by atoms with van der Waals surface area (Å²) in [5.41, 5.74) is 0. The molecule has 0 bridgehead atoms. The van der Waals surface area contributed by atoms with E-state index in [2.05, 4.69) is 23.6 Å². The lowest BCUT2D eigenvalue weighted by Gasteiger charge is -2.29. The van der Waals surface area contributed by atoms with Crippen LogP contribution < -0.4 is 0 Å². The van der Waals surface area contributed by atoms with E-state index in [4.69, 9.17) is 9.47 Å². The first-order chi connectivity index (χ1) is 7.35. The molecular weight excluding hydrogens is 192 g/mol. The van der Waals surface area contributed by atoms with E-state index in [1.54, 1.807) is 0 Å². The number of ether oxygens (including phenoxy) is 2. The Morgan fingerprint density at radius 3 is 1.80 bits per heavy atom. The molecule has 0 aromatic rings. The van der Waals surface area contributed by atoms with Gasteiger partial charge in [-0.1, -0.05) is 13.8 Å². The Hall–Kier alpha value is -0.160. The topological polar surface area (TPSA) is 24.9 Å². The Morgan fingerprint density at radius 1 is 0.933 bits per heavy atom. The first-order valence-electron chi connectivity index (χ1n) is 5.98. The molecule has 2 saturated heterocycles. The maximum absolute atomic E-state index is 5.50. The Labute approximate surface area is 92.1 Å². The maximum atomic E-state index is 5.50. The van der Waals surface area contributed by atoms with E-state index in [9.17, 15) is 0 Å². The van der Waals surface area contributed by atoms with Crippen molar-refractivity contribution in [3.05, 3.63) is 0 Å². The van der Waals surface area contributed by atoms with Crippen molar-refractivity contribution in [3.63, 3.8) is 0 Å². The van der Waals surface area contributed by atoms with Crippen molar-refractivity contribution in [2.45, 2.75) is 38.8 Å². The van der Waals surface area contributed by atoms with Gasteiger partial charge in [0.05, 0.1) is 19.9 Å². The second-order valence-corrected chi connectivity index (χ2v) is 4.44. The van der Waals surface area contributed by atoms with Crippen LogP contribution in [0.2, 0.25) is 0 Å². The van der Waals surface area contributed by atoms with Gasteiger partial charge in [0.1, 0.15) is 13.5 Å². The van der Waals surface area contributed by atoms with Crippen LogP contribution in [0.3, 0.4) is 0 Å². The van der Waals surface area contributed by atoms with Crippen LogP contribution in [0.15, 0.2) is 0 Å². The number of hydrogen-bond acceptors (Lipinski definition) is 4. The summed E-state index contributed by atoms with van der Waals surface area (Å²) >= 11 is 0. The van der Waals surface area contributed by atoms with Crippen molar-refractivity contribution in [2.75, 3.05) is 33.3 Å². The minimum atomic E-state index is 0.600. The molecule has 0 N–H and O–H groups in total. The van der Waals surface area contributed by atoms with Crippen LogP contribution in [-0.4, -0.2) is 55.2 Å². The molecule has 4 nitrogen and oxygen atoms in total. The minimum absolute atomic E-state index is 0.600. The van der Waals surface area contributed by atoms with E-state index >= 15 is 0 Å². The van der Waals surface area contributed by atoms with E-state index in [-0.39, 0.29) is 0 Å². The number of hydrogen-bond donors (Lipinski definition) is 0. The molecule has 2 atom stereocenters. The van der Waals surface area contributed by atoms with Crippen molar-refractivity contribution in [1.29, 1.82) is 0 Å². The largest absolute Gasteiger partial charge is 0.364 e. The van der Waals surface area contributed by atoms with Crippen molar-refractivity contribution in [1.82, 2.24) is 9.80 Å². The smallest absolute Gasteiger partial charge is 0.100 e. The Kier molecular flexibility index (Phi) is 3.97. The summed E-state index contributed by atoms with van der Waals surface area (Å²) in [5, 5.41) is 0. The molecule has 0 spiro atoms. The van der Waals surface area contributed by atoms with Crippen molar-refractivity contribution < 1.29 is 9.47 Å². The van der Waals surface area contributed by atoms with Crippen molar-refractivity contribution >= 4 is 0 Å². The fourth-order valence-electron chi connectivity index (χ4n) is 2.33. The minimum Gasteiger partial charge on any atom is -0.364 e. The van der Waals surface area contributed by atoms with Gasteiger partial charge in [0, 0.05) is 12.1 Å². The van der Waals surface area contributed by atoms with Gasteiger partial charge < -0.3 is 9.47 Å². The van der Waals surface area contributed by atoms with Crippen molar-refractivity contribution in [3.8, 4) is 0 Å². The van der Waals surface area contributed by atoms with Crippen LogP contribution in [-0.2, 0) is 9.47 Å². The van der Waals surface area contributed by atoms with Gasteiger partial charge in [0.25, 0.3) is 0 Å². The molecule has 2 aliphatic heterocycles. The number of rotatable bonds is 4. The molecule has 0 aliphatic carbocycles. The fourth-order valence-corrected chi connectivity index (χ4v) is 2.33. The van der Waals surface area contributed by atoms with Crippen LogP contribution in [0.1, 0.15) is 26.7 Å².